The average Bonchev–Trinajstić information content (AvgIpc) is 2.94. The fourth-order valence-electron chi connectivity index (χ4n) is 1.69. The van der Waals surface area contributed by atoms with Gasteiger partial charge in [0.1, 0.15) is 0 Å². The van der Waals surface area contributed by atoms with Crippen LogP contribution in [0.2, 0.25) is 0 Å². The SMILES string of the molecule is COC(=O)c1ccccc1C1CC1N. The van der Waals surface area contributed by atoms with Crippen molar-refractivity contribution in [3.8, 4) is 0 Å². The first kappa shape index (κ1) is 9.21. The molecule has 0 radical (unpaired) electrons. The van der Waals surface area contributed by atoms with Gasteiger partial charge >= 0.3 is 5.97 Å². The van der Waals surface area contributed by atoms with E-state index in [1.165, 1.54) is 7.11 Å². The molecule has 0 bridgehead atoms. The highest BCUT2D eigenvalue weighted by atomic mass is 16.5. The highest BCUT2D eigenvalue weighted by molar-refractivity contribution is 5.91. The summed E-state index contributed by atoms with van der Waals surface area (Å²) in [4.78, 5) is 11.4. The number of hydrogen-bond acceptors (Lipinski definition) is 3. The average molecular weight is 191 g/mol. The minimum Gasteiger partial charge on any atom is -0.465 e. The largest absolute Gasteiger partial charge is 0.465 e. The lowest BCUT2D eigenvalue weighted by Gasteiger charge is -2.05. The molecule has 0 spiro atoms. The molecule has 2 atom stereocenters. The monoisotopic (exact) mass is 191 g/mol. The molecule has 2 N–H and O–H groups in total. The molecule has 0 aliphatic heterocycles. The van der Waals surface area contributed by atoms with Gasteiger partial charge in [0, 0.05) is 12.0 Å². The summed E-state index contributed by atoms with van der Waals surface area (Å²) in [5, 5.41) is 0. The molecule has 3 nitrogen and oxygen atoms in total. The van der Waals surface area contributed by atoms with Gasteiger partial charge in [-0.1, -0.05) is 18.2 Å². The smallest absolute Gasteiger partial charge is 0.338 e. The molecule has 0 saturated heterocycles. The van der Waals surface area contributed by atoms with Gasteiger partial charge < -0.3 is 10.5 Å². The maximum Gasteiger partial charge on any atom is 0.338 e. The van der Waals surface area contributed by atoms with Crippen molar-refractivity contribution in [2.24, 2.45) is 5.73 Å². The summed E-state index contributed by atoms with van der Waals surface area (Å²) < 4.78 is 4.71. The van der Waals surface area contributed by atoms with Crippen molar-refractivity contribution in [2.75, 3.05) is 7.11 Å². The molecule has 14 heavy (non-hydrogen) atoms. The van der Waals surface area contributed by atoms with Crippen molar-refractivity contribution in [1.82, 2.24) is 0 Å². The summed E-state index contributed by atoms with van der Waals surface area (Å²) in [6.45, 7) is 0. The van der Waals surface area contributed by atoms with Crippen LogP contribution in [0.15, 0.2) is 24.3 Å². The normalized spacial score (nSPS) is 24.4. The molecular formula is C11H13NO2. The zero-order valence-electron chi connectivity index (χ0n) is 8.07. The van der Waals surface area contributed by atoms with Gasteiger partial charge in [-0.3, -0.25) is 0 Å². The van der Waals surface area contributed by atoms with Crippen molar-refractivity contribution in [3.63, 3.8) is 0 Å². The third-order valence-corrected chi connectivity index (χ3v) is 2.61. The fourth-order valence-corrected chi connectivity index (χ4v) is 1.69. The Morgan fingerprint density at radius 1 is 1.50 bits per heavy atom. The maximum atomic E-state index is 11.4. The molecule has 0 amide bonds. The Kier molecular flexibility index (Phi) is 2.25. The maximum absolute atomic E-state index is 11.4. The van der Waals surface area contributed by atoms with Crippen LogP contribution in [0.4, 0.5) is 0 Å². The van der Waals surface area contributed by atoms with Crippen molar-refractivity contribution in [2.45, 2.75) is 18.4 Å². The van der Waals surface area contributed by atoms with Crippen molar-refractivity contribution in [1.29, 1.82) is 0 Å². The number of benzene rings is 1. The van der Waals surface area contributed by atoms with Crippen LogP contribution in [0.1, 0.15) is 28.3 Å². The van der Waals surface area contributed by atoms with E-state index in [2.05, 4.69) is 0 Å². The first-order chi connectivity index (χ1) is 6.74. The molecule has 1 aromatic carbocycles. The number of hydrogen-bond donors (Lipinski definition) is 1. The minimum atomic E-state index is -0.278. The van der Waals surface area contributed by atoms with Gasteiger partial charge in [0.25, 0.3) is 0 Å². The first-order valence-electron chi connectivity index (χ1n) is 4.67. The number of esters is 1. The van der Waals surface area contributed by atoms with Crippen molar-refractivity contribution in [3.05, 3.63) is 35.4 Å². The van der Waals surface area contributed by atoms with Crippen LogP contribution >= 0.6 is 0 Å². The Bertz CT molecular complexity index is 362. The first-order valence-corrected chi connectivity index (χ1v) is 4.67. The van der Waals surface area contributed by atoms with Crippen LogP contribution in [-0.4, -0.2) is 19.1 Å². The fraction of sp³-hybridized carbons (Fsp3) is 0.364. The van der Waals surface area contributed by atoms with Crippen LogP contribution in [0, 0.1) is 0 Å². The number of methoxy groups -OCH3 is 1. The number of carbonyl (C=O) groups is 1. The van der Waals surface area contributed by atoms with Gasteiger partial charge in [-0.2, -0.15) is 0 Å². The molecular weight excluding hydrogens is 178 g/mol. The lowest BCUT2D eigenvalue weighted by Crippen LogP contribution is -2.08. The zero-order valence-corrected chi connectivity index (χ0v) is 8.07. The Morgan fingerprint density at radius 3 is 2.71 bits per heavy atom. The Morgan fingerprint density at radius 2 is 2.14 bits per heavy atom. The summed E-state index contributed by atoms with van der Waals surface area (Å²) in [6.07, 6.45) is 0.966. The van der Waals surface area contributed by atoms with Gasteiger partial charge in [-0.15, -0.1) is 0 Å². The molecule has 2 rings (SSSR count). The molecule has 1 saturated carbocycles. The number of ether oxygens (including phenoxy) is 1. The molecule has 1 fully saturated rings. The summed E-state index contributed by atoms with van der Waals surface area (Å²) in [5.74, 6) is 0.0602. The van der Waals surface area contributed by atoms with Gasteiger partial charge in [0.2, 0.25) is 0 Å². The van der Waals surface area contributed by atoms with E-state index in [4.69, 9.17) is 10.5 Å². The van der Waals surface area contributed by atoms with Crippen molar-refractivity contribution >= 4 is 5.97 Å². The zero-order chi connectivity index (χ0) is 10.1. The molecule has 0 heterocycles. The number of rotatable bonds is 2. The van der Waals surface area contributed by atoms with Gasteiger partial charge in [-0.25, -0.2) is 4.79 Å². The van der Waals surface area contributed by atoms with Gasteiger partial charge in [0.15, 0.2) is 0 Å². The Labute approximate surface area is 82.9 Å². The van der Waals surface area contributed by atoms with Crippen LogP contribution in [0.25, 0.3) is 0 Å². The summed E-state index contributed by atoms with van der Waals surface area (Å²) >= 11 is 0. The summed E-state index contributed by atoms with van der Waals surface area (Å²) in [6, 6.07) is 7.70. The number of carbonyl (C=O) groups excluding carboxylic acids is 1. The Hall–Kier alpha value is -1.35. The second-order valence-electron chi connectivity index (χ2n) is 3.58. The van der Waals surface area contributed by atoms with E-state index < -0.39 is 0 Å². The standard InChI is InChI=1S/C11H13NO2/c1-14-11(13)8-5-3-2-4-7(8)9-6-10(9)12/h2-5,9-10H,6,12H2,1H3. The van der Waals surface area contributed by atoms with Gasteiger partial charge in [0.05, 0.1) is 12.7 Å². The van der Waals surface area contributed by atoms with Gasteiger partial charge in [-0.05, 0) is 18.1 Å². The van der Waals surface area contributed by atoms with E-state index in [0.717, 1.165) is 12.0 Å². The third-order valence-electron chi connectivity index (χ3n) is 2.61. The molecule has 1 aliphatic rings. The van der Waals surface area contributed by atoms with Crippen LogP contribution in [-0.2, 0) is 4.74 Å². The summed E-state index contributed by atoms with van der Waals surface area (Å²) in [5.41, 5.74) is 7.42. The predicted octanol–water partition coefficient (Wildman–Crippen LogP) is 1.29. The van der Waals surface area contributed by atoms with E-state index in [9.17, 15) is 4.79 Å². The lowest BCUT2D eigenvalue weighted by atomic mass is 10.0. The lowest BCUT2D eigenvalue weighted by molar-refractivity contribution is 0.0599. The van der Waals surface area contributed by atoms with E-state index in [1.54, 1.807) is 6.07 Å². The molecule has 1 aromatic rings. The molecule has 0 aromatic heterocycles. The predicted molar refractivity (Wildman–Crippen MR) is 53.1 cm³/mol. The summed E-state index contributed by atoms with van der Waals surface area (Å²) in [7, 11) is 1.39. The van der Waals surface area contributed by atoms with E-state index in [0.29, 0.717) is 11.5 Å². The van der Waals surface area contributed by atoms with Crippen LogP contribution < -0.4 is 5.73 Å². The minimum absolute atomic E-state index is 0.209. The topological polar surface area (TPSA) is 52.3 Å². The van der Waals surface area contributed by atoms with Crippen LogP contribution in [0.3, 0.4) is 0 Å². The van der Waals surface area contributed by atoms with Crippen molar-refractivity contribution < 1.29 is 9.53 Å². The molecule has 74 valence electrons. The van der Waals surface area contributed by atoms with E-state index in [1.807, 2.05) is 18.2 Å². The highest BCUT2D eigenvalue weighted by Crippen LogP contribution is 2.40. The molecule has 2 unspecified atom stereocenters. The molecule has 1 aliphatic carbocycles. The number of nitrogens with two attached hydrogens (primary N) is 1. The van der Waals surface area contributed by atoms with E-state index in [-0.39, 0.29) is 12.0 Å². The quantitative estimate of drug-likeness (QED) is 0.716. The highest BCUT2D eigenvalue weighted by Gasteiger charge is 2.37. The second-order valence-corrected chi connectivity index (χ2v) is 3.58. The second kappa shape index (κ2) is 3.42. The third kappa shape index (κ3) is 1.51. The Balaban J connectivity index is 2.34. The molecule has 3 heteroatoms. The van der Waals surface area contributed by atoms with E-state index >= 15 is 0 Å². The van der Waals surface area contributed by atoms with Crippen LogP contribution in [0.5, 0.6) is 0 Å².